The molecule has 0 saturated carbocycles. The van der Waals surface area contributed by atoms with Gasteiger partial charge in [-0.2, -0.15) is 10.1 Å². The van der Waals surface area contributed by atoms with Crippen molar-refractivity contribution >= 4 is 34.0 Å². The maximum Gasteiger partial charge on any atom is 0.222 e. The van der Waals surface area contributed by atoms with Gasteiger partial charge in [0, 0.05) is 48.6 Å². The summed E-state index contributed by atoms with van der Waals surface area (Å²) < 4.78 is 20.5. The lowest BCUT2D eigenvalue weighted by Gasteiger charge is -2.13. The number of benzene rings is 3. The lowest BCUT2D eigenvalue weighted by molar-refractivity contribution is 0.443. The van der Waals surface area contributed by atoms with E-state index in [1.165, 1.54) is 6.07 Å². The smallest absolute Gasteiger partial charge is 0.222 e. The van der Waals surface area contributed by atoms with Crippen molar-refractivity contribution in [1.29, 1.82) is 0 Å². The molecule has 2 heterocycles. The lowest BCUT2D eigenvalue weighted by Crippen LogP contribution is -2.08. The van der Waals surface area contributed by atoms with Crippen LogP contribution < -0.4 is 20.7 Å². The molecule has 5 aromatic rings. The predicted octanol–water partition coefficient (Wildman–Crippen LogP) is 5.34. The number of hydrogen-bond donors (Lipinski definition) is 3. The number of ether oxygens (including phenoxy) is 1. The summed E-state index contributed by atoms with van der Waals surface area (Å²) in [5.41, 5.74) is 9.94. The van der Waals surface area contributed by atoms with Gasteiger partial charge in [0.15, 0.2) is 11.6 Å². The van der Waals surface area contributed by atoms with E-state index in [4.69, 9.17) is 10.5 Å². The fraction of sp³-hybridized carbons (Fsp3) is 0.0800. The molecule has 0 radical (unpaired) electrons. The molecule has 34 heavy (non-hydrogen) atoms. The highest BCUT2D eigenvalue weighted by molar-refractivity contribution is 5.79. The van der Waals surface area contributed by atoms with Crippen molar-refractivity contribution in [3.8, 4) is 22.8 Å². The van der Waals surface area contributed by atoms with E-state index < -0.39 is 5.82 Å². The minimum absolute atomic E-state index is 0.109. The Balaban J connectivity index is 1.35. The van der Waals surface area contributed by atoms with Gasteiger partial charge < -0.3 is 20.7 Å². The molecule has 8 nitrogen and oxygen atoms in total. The first-order valence-corrected chi connectivity index (χ1v) is 10.5. The van der Waals surface area contributed by atoms with Crippen molar-refractivity contribution in [2.45, 2.75) is 0 Å². The summed E-state index contributed by atoms with van der Waals surface area (Å²) in [5, 5.41) is 10.8. The lowest BCUT2D eigenvalue weighted by atomic mass is 10.1. The molecule has 0 fully saturated rings. The standard InChI is InChI=1S/C25H22FN7O/c1-33(2)18-6-3-15(4-7-18)22-13-24(31-25(27)30-22)29-17-5-10-23(20(26)12-17)34-19-8-9-21-16(11-19)14-28-32-21/h3-14H,1-2H3,(H,28,32)(H3,27,29,30,31). The van der Waals surface area contributed by atoms with E-state index in [-0.39, 0.29) is 11.7 Å². The summed E-state index contributed by atoms with van der Waals surface area (Å²) >= 11 is 0. The van der Waals surface area contributed by atoms with Crippen molar-refractivity contribution in [3.63, 3.8) is 0 Å². The van der Waals surface area contributed by atoms with Crippen LogP contribution in [0.5, 0.6) is 11.5 Å². The maximum atomic E-state index is 14.8. The number of hydrogen-bond acceptors (Lipinski definition) is 7. The number of H-pyrrole nitrogens is 1. The number of halogens is 1. The number of rotatable bonds is 6. The minimum atomic E-state index is -0.515. The second-order valence-electron chi connectivity index (χ2n) is 7.93. The molecule has 0 amide bonds. The van der Waals surface area contributed by atoms with Crippen LogP contribution in [0.25, 0.3) is 22.2 Å². The summed E-state index contributed by atoms with van der Waals surface area (Å²) in [7, 11) is 3.96. The molecular formula is C25H22FN7O. The van der Waals surface area contributed by atoms with E-state index in [0.29, 0.717) is 22.9 Å². The fourth-order valence-electron chi connectivity index (χ4n) is 3.53. The average Bonchev–Trinajstić information content (AvgIpc) is 3.28. The van der Waals surface area contributed by atoms with Gasteiger partial charge in [-0.1, -0.05) is 12.1 Å². The second-order valence-corrected chi connectivity index (χ2v) is 7.93. The monoisotopic (exact) mass is 455 g/mol. The average molecular weight is 455 g/mol. The summed E-state index contributed by atoms with van der Waals surface area (Å²) in [6.07, 6.45) is 1.68. The van der Waals surface area contributed by atoms with E-state index in [2.05, 4.69) is 25.5 Å². The van der Waals surface area contributed by atoms with Gasteiger partial charge in [-0.05, 0) is 42.5 Å². The molecule has 0 atom stereocenters. The maximum absolute atomic E-state index is 14.8. The molecule has 0 unspecified atom stereocenters. The zero-order chi connectivity index (χ0) is 23.7. The first-order valence-electron chi connectivity index (χ1n) is 10.5. The number of nitrogens with zero attached hydrogens (tertiary/aromatic N) is 4. The van der Waals surface area contributed by atoms with Crippen molar-refractivity contribution in [1.82, 2.24) is 20.2 Å². The van der Waals surface area contributed by atoms with Crippen LogP contribution >= 0.6 is 0 Å². The van der Waals surface area contributed by atoms with Crippen LogP contribution in [0.2, 0.25) is 0 Å². The van der Waals surface area contributed by atoms with Crippen LogP contribution in [0, 0.1) is 5.82 Å². The molecule has 9 heteroatoms. The largest absolute Gasteiger partial charge is 0.454 e. The predicted molar refractivity (Wildman–Crippen MR) is 132 cm³/mol. The third-order valence-corrected chi connectivity index (χ3v) is 5.27. The Morgan fingerprint density at radius 3 is 2.56 bits per heavy atom. The van der Waals surface area contributed by atoms with E-state index >= 15 is 0 Å². The van der Waals surface area contributed by atoms with Gasteiger partial charge in [0.25, 0.3) is 0 Å². The van der Waals surface area contributed by atoms with Crippen LogP contribution in [-0.2, 0) is 0 Å². The molecule has 4 N–H and O–H groups in total. The second kappa shape index (κ2) is 8.70. The summed E-state index contributed by atoms with van der Waals surface area (Å²) in [5.74, 6) is 0.683. The van der Waals surface area contributed by atoms with Crippen LogP contribution in [0.3, 0.4) is 0 Å². The first-order chi connectivity index (χ1) is 16.4. The minimum Gasteiger partial charge on any atom is -0.454 e. The van der Waals surface area contributed by atoms with E-state index in [0.717, 1.165) is 22.2 Å². The van der Waals surface area contributed by atoms with E-state index in [1.807, 2.05) is 49.3 Å². The molecule has 0 bridgehead atoms. The molecule has 170 valence electrons. The third-order valence-electron chi connectivity index (χ3n) is 5.27. The number of aromatic amines is 1. The number of fused-ring (bicyclic) bond motifs is 1. The van der Waals surface area contributed by atoms with Gasteiger partial charge in [-0.3, -0.25) is 5.10 Å². The Kier molecular flexibility index (Phi) is 5.43. The molecule has 3 aromatic carbocycles. The van der Waals surface area contributed by atoms with Crippen molar-refractivity contribution in [2.24, 2.45) is 0 Å². The van der Waals surface area contributed by atoms with Crippen LogP contribution in [0.1, 0.15) is 0 Å². The van der Waals surface area contributed by atoms with Crippen molar-refractivity contribution in [3.05, 3.63) is 78.7 Å². The molecule has 0 spiro atoms. The molecule has 0 aliphatic carbocycles. The fourth-order valence-corrected chi connectivity index (χ4v) is 3.53. The van der Waals surface area contributed by atoms with E-state index in [1.54, 1.807) is 36.5 Å². The topological polar surface area (TPSA) is 105 Å². The Hall–Kier alpha value is -4.66. The van der Waals surface area contributed by atoms with Gasteiger partial charge in [-0.25, -0.2) is 9.37 Å². The summed E-state index contributed by atoms with van der Waals surface area (Å²) in [6, 6.07) is 19.7. The number of nitrogens with one attached hydrogen (secondary N) is 2. The third kappa shape index (κ3) is 4.44. The Labute approximate surface area is 195 Å². The molecule has 2 aromatic heterocycles. The molecular weight excluding hydrogens is 433 g/mol. The van der Waals surface area contributed by atoms with Crippen molar-refractivity contribution < 1.29 is 9.13 Å². The first kappa shape index (κ1) is 21.2. The van der Waals surface area contributed by atoms with Crippen LogP contribution in [0.15, 0.2) is 72.9 Å². The van der Waals surface area contributed by atoms with Gasteiger partial charge in [0.1, 0.15) is 11.6 Å². The highest BCUT2D eigenvalue weighted by atomic mass is 19.1. The van der Waals surface area contributed by atoms with Gasteiger partial charge >= 0.3 is 0 Å². The normalized spacial score (nSPS) is 10.9. The molecule has 5 rings (SSSR count). The van der Waals surface area contributed by atoms with Crippen molar-refractivity contribution in [2.75, 3.05) is 30.0 Å². The number of anilines is 4. The summed E-state index contributed by atoms with van der Waals surface area (Å²) in [4.78, 5) is 10.6. The number of nitrogen functional groups attached to an aromatic ring is 1. The Morgan fingerprint density at radius 1 is 0.971 bits per heavy atom. The van der Waals surface area contributed by atoms with Gasteiger partial charge in [0.2, 0.25) is 5.95 Å². The zero-order valence-electron chi connectivity index (χ0n) is 18.6. The highest BCUT2D eigenvalue weighted by Crippen LogP contribution is 2.30. The number of nitrogens with two attached hydrogens (primary N) is 1. The Bertz CT molecular complexity index is 1460. The summed E-state index contributed by atoms with van der Waals surface area (Å²) in [6.45, 7) is 0. The zero-order valence-corrected chi connectivity index (χ0v) is 18.6. The molecule has 0 saturated heterocycles. The van der Waals surface area contributed by atoms with E-state index in [9.17, 15) is 4.39 Å². The van der Waals surface area contributed by atoms with Gasteiger partial charge in [0.05, 0.1) is 17.4 Å². The number of aromatic nitrogens is 4. The molecule has 0 aliphatic heterocycles. The Morgan fingerprint density at radius 2 is 1.79 bits per heavy atom. The SMILES string of the molecule is CN(C)c1ccc(-c2cc(Nc3ccc(Oc4ccc5[nH]ncc5c4)c(F)c3)nc(N)n2)cc1. The van der Waals surface area contributed by atoms with Crippen LogP contribution in [-0.4, -0.2) is 34.3 Å². The highest BCUT2D eigenvalue weighted by Gasteiger charge is 2.10. The molecule has 0 aliphatic rings. The van der Waals surface area contributed by atoms with Crippen LogP contribution in [0.4, 0.5) is 27.5 Å². The van der Waals surface area contributed by atoms with Gasteiger partial charge in [-0.15, -0.1) is 0 Å². The quantitative estimate of drug-likeness (QED) is 0.317.